The molecule has 0 spiro atoms. The first-order valence-electron chi connectivity index (χ1n) is 16.0. The van der Waals surface area contributed by atoms with Crippen molar-refractivity contribution in [2.45, 2.75) is 83.5 Å². The highest BCUT2D eigenvalue weighted by atomic mass is 19.1. The average molecular weight is 617 g/mol. The molecule has 2 aromatic carbocycles. The van der Waals surface area contributed by atoms with Gasteiger partial charge >= 0.3 is 0 Å². The highest BCUT2D eigenvalue weighted by molar-refractivity contribution is 6.06. The molecule has 10 heteroatoms. The normalized spacial score (nSPS) is 26.4. The minimum Gasteiger partial charge on any atom is -0.333 e. The lowest BCUT2D eigenvalue weighted by Crippen LogP contribution is -2.64. The van der Waals surface area contributed by atoms with Gasteiger partial charge in [0.25, 0.3) is 11.8 Å². The third-order valence-electron chi connectivity index (χ3n) is 10.5. The van der Waals surface area contributed by atoms with Crippen molar-refractivity contribution >= 4 is 29.2 Å². The molecule has 2 bridgehead atoms. The Labute approximate surface area is 261 Å². The minimum atomic E-state index is -0.803. The quantitative estimate of drug-likeness (QED) is 0.493. The van der Waals surface area contributed by atoms with E-state index in [1.165, 1.54) is 34.2 Å². The lowest BCUT2D eigenvalue weighted by Gasteiger charge is -2.52. The Hall–Kier alpha value is -3.92. The van der Waals surface area contributed by atoms with Crippen molar-refractivity contribution < 1.29 is 28.0 Å². The van der Waals surface area contributed by atoms with Crippen LogP contribution < -0.4 is 5.32 Å². The topological polar surface area (TPSA) is 90.0 Å². The van der Waals surface area contributed by atoms with Gasteiger partial charge in [0.2, 0.25) is 11.8 Å². The molecule has 5 aliphatic heterocycles. The Morgan fingerprint density at radius 3 is 2.44 bits per heavy atom. The highest BCUT2D eigenvalue weighted by Crippen LogP contribution is 2.44. The van der Waals surface area contributed by atoms with Crippen molar-refractivity contribution in [2.24, 2.45) is 5.41 Å². The summed E-state index contributed by atoms with van der Waals surface area (Å²) in [4.78, 5) is 56.5. The Balaban J connectivity index is 1.08. The molecule has 1 N–H and O–H groups in total. The van der Waals surface area contributed by atoms with Gasteiger partial charge in [0.15, 0.2) is 0 Å². The molecule has 1 aliphatic carbocycles. The van der Waals surface area contributed by atoms with Gasteiger partial charge in [-0.1, -0.05) is 31.6 Å². The largest absolute Gasteiger partial charge is 0.333 e. The predicted octanol–water partition coefficient (Wildman–Crippen LogP) is 4.68. The summed E-state index contributed by atoms with van der Waals surface area (Å²) in [6, 6.07) is 8.68. The number of carbonyl (C=O) groups excluding carboxylic acids is 4. The van der Waals surface area contributed by atoms with Gasteiger partial charge in [0, 0.05) is 50.2 Å². The van der Waals surface area contributed by atoms with Crippen molar-refractivity contribution in [2.75, 3.05) is 19.6 Å². The monoisotopic (exact) mass is 616 g/mol. The van der Waals surface area contributed by atoms with Crippen LogP contribution in [0.1, 0.15) is 90.6 Å². The van der Waals surface area contributed by atoms with Crippen LogP contribution in [-0.2, 0) is 16.1 Å². The zero-order chi connectivity index (χ0) is 31.6. The fourth-order valence-corrected chi connectivity index (χ4v) is 7.97. The van der Waals surface area contributed by atoms with Crippen LogP contribution in [0.3, 0.4) is 0 Å². The zero-order valence-electron chi connectivity index (χ0n) is 25.7. The van der Waals surface area contributed by atoms with Crippen LogP contribution in [0.2, 0.25) is 0 Å². The zero-order valence-corrected chi connectivity index (χ0v) is 25.7. The molecule has 0 aromatic heterocycles. The Morgan fingerprint density at radius 2 is 1.73 bits per heavy atom. The van der Waals surface area contributed by atoms with E-state index in [1.54, 1.807) is 4.90 Å². The number of allylic oxidation sites excluding steroid dienone is 1. The van der Waals surface area contributed by atoms with E-state index in [0.29, 0.717) is 18.7 Å². The number of nitrogens with zero attached hydrogens (tertiary/aromatic N) is 3. The summed E-state index contributed by atoms with van der Waals surface area (Å²) in [5.74, 6) is -2.73. The number of hydrogen-bond acceptors (Lipinski definition) is 5. The summed E-state index contributed by atoms with van der Waals surface area (Å²) >= 11 is 0. The van der Waals surface area contributed by atoms with Crippen LogP contribution >= 0.6 is 0 Å². The molecule has 4 saturated heterocycles. The van der Waals surface area contributed by atoms with Crippen molar-refractivity contribution in [1.29, 1.82) is 0 Å². The number of hydrogen-bond donors (Lipinski definition) is 1. The number of halogens is 2. The molecule has 0 saturated carbocycles. The lowest BCUT2D eigenvalue weighted by atomic mass is 9.72. The van der Waals surface area contributed by atoms with Crippen LogP contribution in [0.5, 0.6) is 0 Å². The highest BCUT2D eigenvalue weighted by Gasteiger charge is 2.44. The molecule has 4 fully saturated rings. The molecule has 8 rings (SSSR count). The maximum absolute atomic E-state index is 15.5. The van der Waals surface area contributed by atoms with Crippen LogP contribution in [0.15, 0.2) is 42.0 Å². The van der Waals surface area contributed by atoms with Gasteiger partial charge in [-0.25, -0.2) is 8.78 Å². The van der Waals surface area contributed by atoms with Crippen molar-refractivity contribution in [1.82, 2.24) is 20.0 Å². The van der Waals surface area contributed by atoms with Crippen molar-refractivity contribution in [3.8, 4) is 0 Å². The van der Waals surface area contributed by atoms with Gasteiger partial charge in [0.1, 0.15) is 17.7 Å². The molecular weight excluding hydrogens is 578 g/mol. The summed E-state index contributed by atoms with van der Waals surface area (Å²) in [5.41, 5.74) is 4.52. The van der Waals surface area contributed by atoms with E-state index in [2.05, 4.69) is 24.1 Å². The van der Waals surface area contributed by atoms with Crippen molar-refractivity contribution in [3.63, 3.8) is 0 Å². The molecule has 5 heterocycles. The van der Waals surface area contributed by atoms with Gasteiger partial charge in [-0.2, -0.15) is 0 Å². The first-order chi connectivity index (χ1) is 21.5. The third-order valence-corrected chi connectivity index (χ3v) is 10.5. The summed E-state index contributed by atoms with van der Waals surface area (Å²) in [6.45, 7) is 6.65. The smallest absolute Gasteiger partial charge is 0.257 e. The number of piperidine rings is 3. The van der Waals surface area contributed by atoms with E-state index in [0.717, 1.165) is 50.3 Å². The number of fused-ring (bicyclic) bond motifs is 4. The summed E-state index contributed by atoms with van der Waals surface area (Å²) in [5, 5.41) is 2.27. The maximum Gasteiger partial charge on any atom is 0.257 e. The number of rotatable bonds is 5. The first kappa shape index (κ1) is 29.8. The Kier molecular flexibility index (Phi) is 7.38. The maximum atomic E-state index is 15.5. The molecule has 236 valence electrons. The van der Waals surface area contributed by atoms with Crippen molar-refractivity contribution in [3.05, 3.63) is 75.9 Å². The molecule has 45 heavy (non-hydrogen) atoms. The van der Waals surface area contributed by atoms with E-state index in [4.69, 9.17) is 0 Å². The molecule has 0 radical (unpaired) electrons. The second-order valence-corrected chi connectivity index (χ2v) is 14.1. The number of benzene rings is 2. The van der Waals surface area contributed by atoms with E-state index in [-0.39, 0.29) is 65.6 Å². The van der Waals surface area contributed by atoms with E-state index >= 15 is 4.39 Å². The van der Waals surface area contributed by atoms with E-state index < -0.39 is 23.7 Å². The van der Waals surface area contributed by atoms with Gasteiger partial charge in [0.05, 0.1) is 5.56 Å². The summed E-state index contributed by atoms with van der Waals surface area (Å²) in [6.07, 6.45) is 5.14. The SMILES string of the molecule is CC1(C)CCC(CN2CC3CCC2CN3C(=O)c2cc3c(cc2F)C(=O)N(C2CCC(=O)NC2=O)C3)=C(c2ccc(F)cc2)C1. The number of nitrogens with one attached hydrogen (secondary N) is 1. The number of piperazine rings is 1. The molecule has 2 aromatic rings. The molecule has 6 aliphatic rings. The van der Waals surface area contributed by atoms with Gasteiger partial charge in [-0.05, 0) is 84.9 Å². The predicted molar refractivity (Wildman–Crippen MR) is 163 cm³/mol. The summed E-state index contributed by atoms with van der Waals surface area (Å²) < 4.78 is 29.2. The molecule has 4 amide bonds. The second kappa shape index (κ2) is 11.2. The van der Waals surface area contributed by atoms with Gasteiger partial charge in [-0.3, -0.25) is 29.4 Å². The number of imide groups is 1. The van der Waals surface area contributed by atoms with Crippen LogP contribution in [-0.4, -0.2) is 76.1 Å². The van der Waals surface area contributed by atoms with Crippen LogP contribution in [0, 0.1) is 17.0 Å². The fourth-order valence-electron chi connectivity index (χ4n) is 7.97. The molecular formula is C35H38F2N4O4. The standard InChI is InChI=1S/C35H38F2N4O4/c1-35(2)12-11-21(28(15-35)20-3-5-23(36)6-4-20)16-39-18-25-8-7-24(39)19-40(25)34(45)27-13-22-17-41(33(44)26(22)14-29(27)37)30-9-10-31(42)38-32(30)43/h3-6,13-14,24-25,30H,7-12,15-19H2,1-2H3,(H,38,42,43). The number of carbonyl (C=O) groups is 4. The lowest BCUT2D eigenvalue weighted by molar-refractivity contribution is -0.136. The fraction of sp³-hybridized carbons (Fsp3) is 0.486. The molecule has 8 nitrogen and oxygen atoms in total. The molecule has 3 unspecified atom stereocenters. The number of amides is 4. The van der Waals surface area contributed by atoms with Crippen LogP contribution in [0.25, 0.3) is 5.57 Å². The van der Waals surface area contributed by atoms with E-state index in [9.17, 15) is 23.6 Å². The Bertz CT molecular complexity index is 1630. The minimum absolute atomic E-state index is 0.0494. The summed E-state index contributed by atoms with van der Waals surface area (Å²) in [7, 11) is 0. The average Bonchev–Trinajstić information content (AvgIpc) is 3.32. The van der Waals surface area contributed by atoms with Gasteiger partial charge < -0.3 is 9.80 Å². The van der Waals surface area contributed by atoms with Crippen LogP contribution in [0.4, 0.5) is 8.78 Å². The third kappa shape index (κ3) is 5.47. The first-order valence-corrected chi connectivity index (χ1v) is 16.0. The molecule has 3 atom stereocenters. The van der Waals surface area contributed by atoms with E-state index in [1.807, 2.05) is 12.1 Å². The second-order valence-electron chi connectivity index (χ2n) is 14.1. The van der Waals surface area contributed by atoms with Gasteiger partial charge in [-0.15, -0.1) is 0 Å². The Morgan fingerprint density at radius 1 is 0.978 bits per heavy atom.